The van der Waals surface area contributed by atoms with E-state index in [2.05, 4.69) is 54.4 Å². The summed E-state index contributed by atoms with van der Waals surface area (Å²) in [6, 6.07) is 8.61. The van der Waals surface area contributed by atoms with Gasteiger partial charge in [-0.15, -0.1) is 0 Å². The van der Waals surface area contributed by atoms with Gasteiger partial charge in [0.05, 0.1) is 0 Å². The van der Waals surface area contributed by atoms with Gasteiger partial charge in [0.15, 0.2) is 0 Å². The number of aryl methyl sites for hydroxylation is 2. The monoisotopic (exact) mass is 248 g/mol. The zero-order valence-corrected chi connectivity index (χ0v) is 11.6. The molecule has 2 rings (SSSR count). The van der Waals surface area contributed by atoms with Gasteiger partial charge in [0.2, 0.25) is 0 Å². The Morgan fingerprint density at radius 3 is 2.76 bits per heavy atom. The Kier molecular flexibility index (Phi) is 4.13. The molecule has 3 heteroatoms. The molecule has 2 nitrogen and oxygen atoms in total. The van der Waals surface area contributed by atoms with E-state index in [1.807, 2.05) is 11.8 Å². The lowest BCUT2D eigenvalue weighted by Gasteiger charge is -2.07. The fourth-order valence-corrected chi connectivity index (χ4v) is 2.62. The van der Waals surface area contributed by atoms with Crippen molar-refractivity contribution >= 4 is 22.7 Å². The lowest BCUT2D eigenvalue weighted by Crippen LogP contribution is -2.18. The first kappa shape index (κ1) is 12.5. The highest BCUT2D eigenvalue weighted by Gasteiger charge is 2.09. The Bertz CT molecular complexity index is 463. The second kappa shape index (κ2) is 5.61. The largest absolute Gasteiger partial charge is 0.346 e. The van der Waals surface area contributed by atoms with E-state index in [0.29, 0.717) is 0 Å². The number of nitrogens with zero attached hydrogens (tertiary/aromatic N) is 1. The van der Waals surface area contributed by atoms with E-state index in [9.17, 15) is 0 Å². The average molecular weight is 248 g/mol. The number of hydrogen-bond acceptors (Lipinski definition) is 2. The van der Waals surface area contributed by atoms with E-state index in [4.69, 9.17) is 0 Å². The molecule has 0 amide bonds. The summed E-state index contributed by atoms with van der Waals surface area (Å²) >= 11 is 1.88. The fraction of sp³-hybridized carbons (Fsp3) is 0.429. The van der Waals surface area contributed by atoms with Gasteiger partial charge < -0.3 is 9.88 Å². The van der Waals surface area contributed by atoms with Crippen LogP contribution in [-0.2, 0) is 13.6 Å². The zero-order valence-electron chi connectivity index (χ0n) is 10.8. The van der Waals surface area contributed by atoms with E-state index < -0.39 is 0 Å². The average Bonchev–Trinajstić information content (AvgIpc) is 2.60. The molecule has 17 heavy (non-hydrogen) atoms. The van der Waals surface area contributed by atoms with E-state index in [1.165, 1.54) is 27.9 Å². The molecule has 1 aromatic heterocycles. The van der Waals surface area contributed by atoms with Crippen LogP contribution in [-0.4, -0.2) is 23.1 Å². The number of benzene rings is 1. The van der Waals surface area contributed by atoms with E-state index in [0.717, 1.165) is 13.1 Å². The number of aromatic nitrogens is 1. The molecule has 0 aliphatic heterocycles. The predicted molar refractivity (Wildman–Crippen MR) is 77.7 cm³/mol. The van der Waals surface area contributed by atoms with Gasteiger partial charge in [-0.05, 0) is 24.8 Å². The van der Waals surface area contributed by atoms with Gasteiger partial charge in [-0.2, -0.15) is 11.8 Å². The first-order valence-electron chi connectivity index (χ1n) is 5.98. The van der Waals surface area contributed by atoms with Crippen molar-refractivity contribution in [2.45, 2.75) is 13.5 Å². The highest BCUT2D eigenvalue weighted by molar-refractivity contribution is 7.98. The SMILES string of the molecule is CSCCNCc1c(C)c2ccccc2n1C. The Morgan fingerprint density at radius 2 is 2.06 bits per heavy atom. The van der Waals surface area contributed by atoms with Crippen LogP contribution in [0.3, 0.4) is 0 Å². The quantitative estimate of drug-likeness (QED) is 0.819. The summed E-state index contributed by atoms with van der Waals surface area (Å²) in [5.74, 6) is 1.17. The van der Waals surface area contributed by atoms with Crippen molar-refractivity contribution in [1.82, 2.24) is 9.88 Å². The summed E-state index contributed by atoms with van der Waals surface area (Å²) in [5.41, 5.74) is 4.12. The summed E-state index contributed by atoms with van der Waals surface area (Å²) in [7, 11) is 2.15. The fourth-order valence-electron chi connectivity index (χ4n) is 2.27. The Labute approximate surface area is 107 Å². The predicted octanol–water partition coefficient (Wildman–Crippen LogP) is 2.94. The van der Waals surface area contributed by atoms with Crippen molar-refractivity contribution in [3.8, 4) is 0 Å². The second-order valence-corrected chi connectivity index (χ2v) is 5.30. The number of fused-ring (bicyclic) bond motifs is 1. The van der Waals surface area contributed by atoms with Gasteiger partial charge in [0, 0.05) is 42.5 Å². The molecule has 0 unspecified atom stereocenters. The third kappa shape index (κ3) is 2.50. The first-order valence-corrected chi connectivity index (χ1v) is 7.37. The van der Waals surface area contributed by atoms with Gasteiger partial charge in [-0.1, -0.05) is 18.2 Å². The summed E-state index contributed by atoms with van der Waals surface area (Å²) in [5, 5.41) is 4.88. The zero-order chi connectivity index (χ0) is 12.3. The van der Waals surface area contributed by atoms with Crippen LogP contribution in [0.25, 0.3) is 10.9 Å². The van der Waals surface area contributed by atoms with Crippen molar-refractivity contribution in [3.05, 3.63) is 35.5 Å². The lowest BCUT2D eigenvalue weighted by molar-refractivity contribution is 0.686. The molecule has 1 aromatic carbocycles. The van der Waals surface area contributed by atoms with Crippen LogP contribution in [0.2, 0.25) is 0 Å². The number of hydrogen-bond donors (Lipinski definition) is 1. The molecule has 92 valence electrons. The van der Waals surface area contributed by atoms with Crippen molar-refractivity contribution < 1.29 is 0 Å². The number of para-hydroxylation sites is 1. The third-order valence-corrected chi connectivity index (χ3v) is 3.89. The summed E-state index contributed by atoms with van der Waals surface area (Å²) in [6.45, 7) is 4.24. The minimum absolute atomic E-state index is 0.956. The van der Waals surface area contributed by atoms with Gasteiger partial charge in [0.1, 0.15) is 0 Å². The van der Waals surface area contributed by atoms with Crippen LogP contribution >= 0.6 is 11.8 Å². The standard InChI is InChI=1S/C14H20N2S/c1-11-12-6-4-5-7-13(12)16(2)14(11)10-15-8-9-17-3/h4-7,15H,8-10H2,1-3H3. The topological polar surface area (TPSA) is 17.0 Å². The third-order valence-electron chi connectivity index (χ3n) is 3.28. The molecular weight excluding hydrogens is 228 g/mol. The van der Waals surface area contributed by atoms with Crippen LogP contribution in [0.4, 0.5) is 0 Å². The minimum Gasteiger partial charge on any atom is -0.346 e. The Hall–Kier alpha value is -0.930. The molecule has 0 radical (unpaired) electrons. The van der Waals surface area contributed by atoms with Crippen molar-refractivity contribution in [2.75, 3.05) is 18.6 Å². The number of nitrogens with one attached hydrogen (secondary N) is 1. The lowest BCUT2D eigenvalue weighted by atomic mass is 10.1. The minimum atomic E-state index is 0.956. The molecule has 0 atom stereocenters. The summed E-state index contributed by atoms with van der Waals surface area (Å²) < 4.78 is 2.30. The van der Waals surface area contributed by atoms with Crippen LogP contribution in [0.5, 0.6) is 0 Å². The van der Waals surface area contributed by atoms with Gasteiger partial charge in [0.25, 0.3) is 0 Å². The highest BCUT2D eigenvalue weighted by atomic mass is 32.2. The maximum Gasteiger partial charge on any atom is 0.0483 e. The normalized spacial score (nSPS) is 11.2. The summed E-state index contributed by atoms with van der Waals surface area (Å²) in [6.07, 6.45) is 2.14. The maximum atomic E-state index is 3.50. The van der Waals surface area contributed by atoms with Crippen molar-refractivity contribution in [3.63, 3.8) is 0 Å². The van der Waals surface area contributed by atoms with E-state index >= 15 is 0 Å². The molecule has 1 heterocycles. The first-order chi connectivity index (χ1) is 8.25. The van der Waals surface area contributed by atoms with Gasteiger partial charge in [-0.3, -0.25) is 0 Å². The molecule has 2 aromatic rings. The second-order valence-electron chi connectivity index (χ2n) is 4.32. The Morgan fingerprint density at radius 1 is 1.29 bits per heavy atom. The maximum absolute atomic E-state index is 3.50. The summed E-state index contributed by atoms with van der Waals surface area (Å²) in [4.78, 5) is 0. The number of thioether (sulfide) groups is 1. The van der Waals surface area contributed by atoms with Gasteiger partial charge >= 0.3 is 0 Å². The molecule has 0 fully saturated rings. The molecule has 0 aliphatic carbocycles. The smallest absolute Gasteiger partial charge is 0.0483 e. The molecule has 1 N–H and O–H groups in total. The molecular formula is C14H20N2S. The van der Waals surface area contributed by atoms with E-state index in [-0.39, 0.29) is 0 Å². The molecule has 0 aliphatic rings. The van der Waals surface area contributed by atoms with Crippen molar-refractivity contribution in [1.29, 1.82) is 0 Å². The Balaban J connectivity index is 2.22. The molecule has 0 saturated carbocycles. The van der Waals surface area contributed by atoms with Crippen LogP contribution < -0.4 is 5.32 Å². The van der Waals surface area contributed by atoms with Crippen LogP contribution in [0.1, 0.15) is 11.3 Å². The van der Waals surface area contributed by atoms with E-state index in [1.54, 1.807) is 0 Å². The molecule has 0 spiro atoms. The highest BCUT2D eigenvalue weighted by Crippen LogP contribution is 2.24. The molecule has 0 bridgehead atoms. The molecule has 0 saturated heterocycles. The van der Waals surface area contributed by atoms with Crippen LogP contribution in [0, 0.1) is 6.92 Å². The van der Waals surface area contributed by atoms with Crippen molar-refractivity contribution in [2.24, 2.45) is 7.05 Å². The number of rotatable bonds is 5. The van der Waals surface area contributed by atoms with Gasteiger partial charge in [-0.25, -0.2) is 0 Å². The van der Waals surface area contributed by atoms with Crippen LogP contribution in [0.15, 0.2) is 24.3 Å².